The van der Waals surface area contributed by atoms with Crippen LogP contribution in [-0.4, -0.2) is 25.4 Å². The van der Waals surface area contributed by atoms with Crippen LogP contribution in [0.1, 0.15) is 53.4 Å². The van der Waals surface area contributed by atoms with E-state index in [4.69, 9.17) is 9.53 Å². The van der Waals surface area contributed by atoms with Crippen molar-refractivity contribution in [3.8, 4) is 0 Å². The summed E-state index contributed by atoms with van der Waals surface area (Å²) in [5, 5.41) is 8.59. The SMILES string of the molecule is CCC[Si](CCC)(CCCC(C)C)OC(=O)/C=C\C(=O)O. The quantitative estimate of drug-likeness (QED) is 0.454. The number of rotatable bonds is 11. The molecule has 0 aromatic rings. The Morgan fingerprint density at radius 1 is 1.10 bits per heavy atom. The average Bonchev–Trinajstić information content (AvgIpc) is 2.36. The van der Waals surface area contributed by atoms with Crippen LogP contribution in [0.25, 0.3) is 0 Å². The van der Waals surface area contributed by atoms with Gasteiger partial charge in [0, 0.05) is 12.2 Å². The summed E-state index contributed by atoms with van der Waals surface area (Å²) in [5.74, 6) is -0.955. The van der Waals surface area contributed by atoms with Crippen molar-refractivity contribution in [3.05, 3.63) is 12.2 Å². The zero-order chi connectivity index (χ0) is 16.3. The van der Waals surface area contributed by atoms with Gasteiger partial charge in [0.15, 0.2) is 0 Å². The predicted molar refractivity (Wildman–Crippen MR) is 87.7 cm³/mol. The fraction of sp³-hybridized carbons (Fsp3) is 0.750. The van der Waals surface area contributed by atoms with Crippen molar-refractivity contribution in [2.75, 3.05) is 0 Å². The van der Waals surface area contributed by atoms with Gasteiger partial charge in [0.2, 0.25) is 0 Å². The molecule has 0 rings (SSSR count). The predicted octanol–water partition coefficient (Wildman–Crippen LogP) is 4.37. The van der Waals surface area contributed by atoms with Crippen molar-refractivity contribution in [1.82, 2.24) is 0 Å². The van der Waals surface area contributed by atoms with E-state index in [1.807, 2.05) is 0 Å². The number of hydrogen-bond donors (Lipinski definition) is 1. The molecule has 0 unspecified atom stereocenters. The number of hydrogen-bond acceptors (Lipinski definition) is 3. The molecule has 1 N–H and O–H groups in total. The molecule has 0 aliphatic carbocycles. The molecule has 0 amide bonds. The summed E-state index contributed by atoms with van der Waals surface area (Å²) in [5.41, 5.74) is 0. The van der Waals surface area contributed by atoms with Gasteiger partial charge in [0.1, 0.15) is 0 Å². The Kier molecular flexibility index (Phi) is 10.0. The number of carbonyl (C=O) groups excluding carboxylic acids is 1. The van der Waals surface area contributed by atoms with Gasteiger partial charge >= 0.3 is 11.9 Å². The van der Waals surface area contributed by atoms with Crippen LogP contribution >= 0.6 is 0 Å². The molecule has 0 saturated carbocycles. The highest BCUT2D eigenvalue weighted by molar-refractivity contribution is 6.75. The Morgan fingerprint density at radius 3 is 2.10 bits per heavy atom. The van der Waals surface area contributed by atoms with Gasteiger partial charge in [0.25, 0.3) is 8.32 Å². The van der Waals surface area contributed by atoms with Gasteiger partial charge in [-0.3, -0.25) is 0 Å². The third kappa shape index (κ3) is 9.45. The maximum Gasteiger partial charge on any atom is 0.328 e. The zero-order valence-electron chi connectivity index (χ0n) is 13.9. The summed E-state index contributed by atoms with van der Waals surface area (Å²) in [6.45, 7) is 8.62. The first-order valence-electron chi connectivity index (χ1n) is 7.99. The first-order chi connectivity index (χ1) is 9.85. The van der Waals surface area contributed by atoms with Crippen LogP contribution in [0.5, 0.6) is 0 Å². The van der Waals surface area contributed by atoms with Gasteiger partial charge in [0.05, 0.1) is 0 Å². The summed E-state index contributed by atoms with van der Waals surface area (Å²) in [4.78, 5) is 22.4. The minimum Gasteiger partial charge on any atom is -0.516 e. The number of carboxylic acid groups (broad SMARTS) is 1. The molecule has 0 aromatic heterocycles. The smallest absolute Gasteiger partial charge is 0.328 e. The van der Waals surface area contributed by atoms with Crippen LogP contribution in [0, 0.1) is 5.92 Å². The fourth-order valence-corrected chi connectivity index (χ4v) is 6.88. The highest BCUT2D eigenvalue weighted by Crippen LogP contribution is 2.29. The van der Waals surface area contributed by atoms with Crippen molar-refractivity contribution >= 4 is 20.3 Å². The Morgan fingerprint density at radius 2 is 1.67 bits per heavy atom. The molecule has 0 aromatic carbocycles. The molecule has 0 spiro atoms. The van der Waals surface area contributed by atoms with E-state index in [1.54, 1.807) is 0 Å². The Labute approximate surface area is 129 Å². The topological polar surface area (TPSA) is 63.6 Å². The summed E-state index contributed by atoms with van der Waals surface area (Å²) in [7, 11) is -2.09. The van der Waals surface area contributed by atoms with Crippen LogP contribution in [-0.2, 0) is 14.0 Å². The molecule has 0 heterocycles. The molecule has 0 aliphatic heterocycles. The van der Waals surface area contributed by atoms with Gasteiger partial charge in [-0.25, -0.2) is 9.59 Å². The molecule has 0 fully saturated rings. The van der Waals surface area contributed by atoms with E-state index in [1.165, 1.54) is 0 Å². The monoisotopic (exact) mass is 314 g/mol. The molecule has 122 valence electrons. The minimum absolute atomic E-state index is 0.490. The number of carboxylic acids is 1. The molecule has 21 heavy (non-hydrogen) atoms. The lowest BCUT2D eigenvalue weighted by Crippen LogP contribution is -2.39. The third-order valence-corrected chi connectivity index (χ3v) is 8.23. The highest BCUT2D eigenvalue weighted by Gasteiger charge is 2.35. The second kappa shape index (κ2) is 10.6. The largest absolute Gasteiger partial charge is 0.516 e. The van der Waals surface area contributed by atoms with Crippen molar-refractivity contribution in [1.29, 1.82) is 0 Å². The van der Waals surface area contributed by atoms with Crippen molar-refractivity contribution in [3.63, 3.8) is 0 Å². The van der Waals surface area contributed by atoms with Crippen molar-refractivity contribution in [2.45, 2.75) is 71.5 Å². The first-order valence-corrected chi connectivity index (χ1v) is 10.5. The minimum atomic E-state index is -2.09. The Bertz CT molecular complexity index is 344. The van der Waals surface area contributed by atoms with Gasteiger partial charge in [-0.1, -0.05) is 53.4 Å². The summed E-state index contributed by atoms with van der Waals surface area (Å²) >= 11 is 0. The summed E-state index contributed by atoms with van der Waals surface area (Å²) in [6, 6.07) is 2.91. The normalized spacial score (nSPS) is 12.0. The van der Waals surface area contributed by atoms with Crippen LogP contribution in [0.15, 0.2) is 12.2 Å². The molecule has 0 saturated heterocycles. The number of aliphatic carboxylic acids is 1. The standard InChI is InChI=1S/C16H30O4Si/c1-5-11-21(12-6-2,13-7-8-14(3)4)20-16(19)10-9-15(17)18/h9-10,14H,5-8,11-13H2,1-4H3,(H,17,18)/b10-9-. The van der Waals surface area contributed by atoms with E-state index in [2.05, 4.69) is 27.7 Å². The van der Waals surface area contributed by atoms with Gasteiger partial charge < -0.3 is 9.53 Å². The molecule has 0 bridgehead atoms. The molecule has 5 heteroatoms. The zero-order valence-corrected chi connectivity index (χ0v) is 14.9. The van der Waals surface area contributed by atoms with Crippen LogP contribution in [0.3, 0.4) is 0 Å². The van der Waals surface area contributed by atoms with E-state index < -0.39 is 20.3 Å². The molecule has 0 radical (unpaired) electrons. The highest BCUT2D eigenvalue weighted by atomic mass is 28.4. The molecule has 0 aliphatic rings. The van der Waals surface area contributed by atoms with Crippen LogP contribution in [0.2, 0.25) is 18.1 Å². The molecule has 0 atom stereocenters. The van der Waals surface area contributed by atoms with E-state index >= 15 is 0 Å². The second-order valence-electron chi connectivity index (χ2n) is 6.06. The van der Waals surface area contributed by atoms with Gasteiger partial charge in [-0.15, -0.1) is 0 Å². The van der Waals surface area contributed by atoms with Crippen molar-refractivity contribution in [2.24, 2.45) is 5.92 Å². The maximum absolute atomic E-state index is 11.9. The first kappa shape index (κ1) is 19.9. The Hall–Kier alpha value is -1.10. The molecular formula is C16H30O4Si. The summed E-state index contributed by atoms with van der Waals surface area (Å²) < 4.78 is 5.80. The average molecular weight is 314 g/mol. The second-order valence-corrected chi connectivity index (χ2v) is 10.1. The van der Waals surface area contributed by atoms with E-state index in [0.717, 1.165) is 56.0 Å². The van der Waals surface area contributed by atoms with E-state index in [9.17, 15) is 9.59 Å². The van der Waals surface area contributed by atoms with Crippen molar-refractivity contribution < 1.29 is 19.1 Å². The lowest BCUT2D eigenvalue weighted by molar-refractivity contribution is -0.133. The van der Waals surface area contributed by atoms with Crippen LogP contribution < -0.4 is 0 Å². The van der Waals surface area contributed by atoms with Gasteiger partial charge in [-0.05, 0) is 24.1 Å². The van der Waals surface area contributed by atoms with E-state index in [-0.39, 0.29) is 0 Å². The summed E-state index contributed by atoms with van der Waals surface area (Å²) in [6.07, 6.45) is 6.13. The lowest BCUT2D eigenvalue weighted by atomic mass is 10.1. The van der Waals surface area contributed by atoms with Gasteiger partial charge in [-0.2, -0.15) is 0 Å². The third-order valence-electron chi connectivity index (χ3n) is 3.50. The lowest BCUT2D eigenvalue weighted by Gasteiger charge is -2.30. The molecule has 4 nitrogen and oxygen atoms in total. The molecular weight excluding hydrogens is 284 g/mol. The van der Waals surface area contributed by atoms with E-state index in [0.29, 0.717) is 5.92 Å². The maximum atomic E-state index is 11.9. The Balaban J connectivity index is 4.82. The van der Waals surface area contributed by atoms with Crippen LogP contribution in [0.4, 0.5) is 0 Å². The number of carbonyl (C=O) groups is 2. The fourth-order valence-electron chi connectivity index (χ4n) is 2.66.